The van der Waals surface area contributed by atoms with Crippen molar-refractivity contribution < 1.29 is 4.79 Å². The Morgan fingerprint density at radius 3 is 2.41 bits per heavy atom. The van der Waals surface area contributed by atoms with Gasteiger partial charge in [-0.25, -0.2) is 0 Å². The molecule has 27 heavy (non-hydrogen) atoms. The van der Waals surface area contributed by atoms with Crippen molar-refractivity contribution in [2.45, 2.75) is 38.1 Å². The minimum absolute atomic E-state index is 0.00276. The number of carbonyl (C=O) groups excluding carboxylic acids is 1. The van der Waals surface area contributed by atoms with Crippen molar-refractivity contribution in [3.05, 3.63) is 17.0 Å². The number of amides is 1. The van der Waals surface area contributed by atoms with Crippen LogP contribution in [0.2, 0.25) is 0 Å². The number of anilines is 1. The molecule has 6 heteroatoms. The van der Waals surface area contributed by atoms with Crippen LogP contribution in [0.4, 0.5) is 5.00 Å². The van der Waals surface area contributed by atoms with Gasteiger partial charge in [-0.1, -0.05) is 0 Å². The third kappa shape index (κ3) is 3.41. The molecule has 2 heterocycles. The number of nitriles is 1. The molecule has 0 atom stereocenters. The minimum atomic E-state index is -0.00276. The number of nitrogens with zero attached hydrogens (tertiary/aromatic N) is 3. The lowest BCUT2D eigenvalue weighted by Crippen LogP contribution is -2.60. The highest BCUT2D eigenvalue weighted by atomic mass is 32.1. The number of hydrogen-bond donors (Lipinski definition) is 1. The topological polar surface area (TPSA) is 59.4 Å². The average molecular weight is 385 g/mol. The van der Waals surface area contributed by atoms with Gasteiger partial charge in [-0.15, -0.1) is 11.3 Å². The van der Waals surface area contributed by atoms with E-state index in [9.17, 15) is 4.79 Å². The number of carbonyl (C=O) groups is 1. The van der Waals surface area contributed by atoms with Crippen molar-refractivity contribution in [1.82, 2.24) is 9.80 Å². The molecule has 0 radical (unpaired) electrons. The summed E-state index contributed by atoms with van der Waals surface area (Å²) in [5.74, 6) is 3.95. The summed E-state index contributed by atoms with van der Waals surface area (Å²) < 4.78 is 0. The Balaban J connectivity index is 1.13. The number of piperazine rings is 1. The first-order valence-corrected chi connectivity index (χ1v) is 11.3. The van der Waals surface area contributed by atoms with Crippen molar-refractivity contribution in [3.63, 3.8) is 0 Å². The van der Waals surface area contributed by atoms with Crippen molar-refractivity contribution in [2.24, 2.45) is 23.7 Å². The molecular weight excluding hydrogens is 356 g/mol. The SMILES string of the molecule is N#Cc1ccsc1NC(=O)CN1CCN(C2C3CC4CC(C3)CC2C4)CC1. The first kappa shape index (κ1) is 17.7. The Morgan fingerprint density at radius 1 is 1.11 bits per heavy atom. The van der Waals surface area contributed by atoms with E-state index in [2.05, 4.69) is 21.2 Å². The van der Waals surface area contributed by atoms with Crippen LogP contribution >= 0.6 is 11.3 Å². The van der Waals surface area contributed by atoms with E-state index < -0.39 is 0 Å². The predicted molar refractivity (Wildman–Crippen MR) is 107 cm³/mol. The van der Waals surface area contributed by atoms with Gasteiger partial charge in [-0.05, 0) is 67.2 Å². The fraction of sp³-hybridized carbons (Fsp3) is 0.714. The molecular formula is C21H28N4OS. The van der Waals surface area contributed by atoms with Crippen molar-refractivity contribution >= 4 is 22.2 Å². The zero-order valence-electron chi connectivity index (χ0n) is 15.8. The van der Waals surface area contributed by atoms with E-state index in [1.807, 2.05) is 5.38 Å². The normalized spacial score (nSPS) is 35.9. The monoisotopic (exact) mass is 384 g/mol. The second-order valence-electron chi connectivity index (χ2n) is 9.06. The van der Waals surface area contributed by atoms with Gasteiger partial charge in [0.1, 0.15) is 11.1 Å². The molecule has 1 aromatic rings. The van der Waals surface area contributed by atoms with Crippen LogP contribution in [-0.2, 0) is 4.79 Å². The molecule has 1 saturated heterocycles. The Morgan fingerprint density at radius 2 is 1.78 bits per heavy atom. The molecule has 0 unspecified atom stereocenters. The summed E-state index contributed by atoms with van der Waals surface area (Å²) >= 11 is 1.42. The summed E-state index contributed by atoms with van der Waals surface area (Å²) in [5.41, 5.74) is 0.556. The number of thiophene rings is 1. The highest BCUT2D eigenvalue weighted by Crippen LogP contribution is 2.55. The number of rotatable bonds is 4. The molecule has 144 valence electrons. The molecule has 6 rings (SSSR count). The van der Waals surface area contributed by atoms with Crippen LogP contribution in [0.5, 0.6) is 0 Å². The van der Waals surface area contributed by atoms with Gasteiger partial charge < -0.3 is 5.32 Å². The van der Waals surface area contributed by atoms with Gasteiger partial charge in [-0.2, -0.15) is 5.26 Å². The molecule has 4 bridgehead atoms. The van der Waals surface area contributed by atoms with E-state index in [0.29, 0.717) is 17.1 Å². The molecule has 4 saturated carbocycles. The minimum Gasteiger partial charge on any atom is -0.315 e. The van der Waals surface area contributed by atoms with Gasteiger partial charge in [0.05, 0.1) is 12.1 Å². The van der Waals surface area contributed by atoms with E-state index in [1.54, 1.807) is 6.07 Å². The van der Waals surface area contributed by atoms with E-state index in [1.165, 1.54) is 43.4 Å². The van der Waals surface area contributed by atoms with Crippen molar-refractivity contribution in [3.8, 4) is 6.07 Å². The average Bonchev–Trinajstić information content (AvgIpc) is 3.09. The lowest BCUT2D eigenvalue weighted by molar-refractivity contribution is -0.118. The summed E-state index contributed by atoms with van der Waals surface area (Å²) in [6.45, 7) is 4.58. The molecule has 4 aliphatic carbocycles. The lowest BCUT2D eigenvalue weighted by Gasteiger charge is -2.58. The summed E-state index contributed by atoms with van der Waals surface area (Å²) in [6, 6.07) is 4.70. The quantitative estimate of drug-likeness (QED) is 0.867. The zero-order chi connectivity index (χ0) is 18.4. The molecule has 0 aromatic carbocycles. The van der Waals surface area contributed by atoms with Crippen LogP contribution in [0.25, 0.3) is 0 Å². The van der Waals surface area contributed by atoms with Gasteiger partial charge >= 0.3 is 0 Å². The third-order valence-electron chi connectivity index (χ3n) is 7.41. The van der Waals surface area contributed by atoms with E-state index in [-0.39, 0.29) is 5.91 Å². The van der Waals surface area contributed by atoms with Crippen LogP contribution < -0.4 is 5.32 Å². The van der Waals surface area contributed by atoms with Crippen LogP contribution in [0.1, 0.15) is 37.7 Å². The van der Waals surface area contributed by atoms with Gasteiger partial charge in [0.25, 0.3) is 0 Å². The maximum absolute atomic E-state index is 12.4. The molecule has 5 aliphatic rings. The molecule has 5 nitrogen and oxygen atoms in total. The fourth-order valence-electron chi connectivity index (χ4n) is 6.58. The maximum Gasteiger partial charge on any atom is 0.239 e. The maximum atomic E-state index is 12.4. The van der Waals surface area contributed by atoms with Crippen LogP contribution in [-0.4, -0.2) is 54.5 Å². The van der Waals surface area contributed by atoms with Crippen LogP contribution in [0, 0.1) is 35.0 Å². The standard InChI is InChI=1S/C21H28N4OS/c22-12-16-1-6-27-21(16)23-19(26)13-24-2-4-25(5-3-24)20-17-8-14-7-15(10-17)11-18(20)9-14/h1,6,14-15,17-18,20H,2-5,7-11,13H2,(H,23,26). The lowest BCUT2D eigenvalue weighted by atomic mass is 9.54. The number of hydrogen-bond acceptors (Lipinski definition) is 5. The third-order valence-corrected chi connectivity index (χ3v) is 8.24. The van der Waals surface area contributed by atoms with E-state index in [4.69, 9.17) is 5.26 Å². The van der Waals surface area contributed by atoms with Gasteiger partial charge in [0, 0.05) is 32.2 Å². The molecule has 1 aromatic heterocycles. The van der Waals surface area contributed by atoms with Crippen LogP contribution in [0.3, 0.4) is 0 Å². The molecule has 5 fully saturated rings. The Kier molecular flexibility index (Phi) is 4.71. The highest BCUT2D eigenvalue weighted by molar-refractivity contribution is 7.14. The Hall–Kier alpha value is -1.42. The van der Waals surface area contributed by atoms with Gasteiger partial charge in [0.15, 0.2) is 0 Å². The highest BCUT2D eigenvalue weighted by Gasteiger charge is 2.50. The summed E-state index contributed by atoms with van der Waals surface area (Å²) in [7, 11) is 0. The molecule has 0 spiro atoms. The Labute approximate surface area is 165 Å². The summed E-state index contributed by atoms with van der Waals surface area (Å²) in [4.78, 5) is 17.4. The second-order valence-corrected chi connectivity index (χ2v) is 9.97. The van der Waals surface area contributed by atoms with Gasteiger partial charge in [-0.3, -0.25) is 14.6 Å². The first-order valence-electron chi connectivity index (χ1n) is 10.4. The second kappa shape index (κ2) is 7.20. The summed E-state index contributed by atoms with van der Waals surface area (Å²) in [5, 5.41) is 14.5. The van der Waals surface area contributed by atoms with Crippen LogP contribution in [0.15, 0.2) is 11.4 Å². The largest absolute Gasteiger partial charge is 0.315 e. The van der Waals surface area contributed by atoms with Crippen molar-refractivity contribution in [2.75, 3.05) is 38.0 Å². The predicted octanol–water partition coefficient (Wildman–Crippen LogP) is 3.00. The van der Waals surface area contributed by atoms with E-state index >= 15 is 0 Å². The number of nitrogens with one attached hydrogen (secondary N) is 1. The smallest absolute Gasteiger partial charge is 0.239 e. The molecule has 1 N–H and O–H groups in total. The van der Waals surface area contributed by atoms with Gasteiger partial charge in [0.2, 0.25) is 5.91 Å². The first-order chi connectivity index (χ1) is 13.2. The Bertz CT molecular complexity index is 718. The molecule has 1 aliphatic heterocycles. The molecule has 1 amide bonds. The van der Waals surface area contributed by atoms with E-state index in [0.717, 1.165) is 55.9 Å². The zero-order valence-corrected chi connectivity index (χ0v) is 16.6. The fourth-order valence-corrected chi connectivity index (χ4v) is 7.33. The van der Waals surface area contributed by atoms with Crippen molar-refractivity contribution in [1.29, 1.82) is 5.26 Å². The summed E-state index contributed by atoms with van der Waals surface area (Å²) in [6.07, 6.45) is 7.41.